The maximum Gasteiger partial charge on any atom is 0.416 e. The second-order valence-electron chi connectivity index (χ2n) is 7.12. The van der Waals surface area contributed by atoms with Crippen molar-refractivity contribution in [2.24, 2.45) is 0 Å². The molecule has 4 aromatic rings. The number of halogens is 6. The van der Waals surface area contributed by atoms with Gasteiger partial charge < -0.3 is 5.11 Å². The first-order valence-corrected chi connectivity index (χ1v) is 9.14. The fraction of sp³-hybridized carbons (Fsp3) is 0.0833. The highest BCUT2D eigenvalue weighted by atomic mass is 19.4. The average molecular weight is 432 g/mol. The highest BCUT2D eigenvalue weighted by Gasteiger charge is 2.37. The van der Waals surface area contributed by atoms with Crippen molar-refractivity contribution >= 4 is 10.8 Å². The molecule has 0 aromatic heterocycles. The van der Waals surface area contributed by atoms with E-state index in [1.807, 2.05) is 18.2 Å². The zero-order valence-corrected chi connectivity index (χ0v) is 15.7. The molecule has 158 valence electrons. The molecule has 1 nitrogen and oxygen atoms in total. The highest BCUT2D eigenvalue weighted by Crippen LogP contribution is 2.39. The van der Waals surface area contributed by atoms with Gasteiger partial charge in [0.15, 0.2) is 0 Å². The summed E-state index contributed by atoms with van der Waals surface area (Å²) < 4.78 is 78.6. The molecule has 4 rings (SSSR count). The Morgan fingerprint density at radius 2 is 0.903 bits per heavy atom. The van der Waals surface area contributed by atoms with Gasteiger partial charge in [-0.1, -0.05) is 42.5 Å². The van der Waals surface area contributed by atoms with Crippen molar-refractivity contribution < 1.29 is 31.4 Å². The van der Waals surface area contributed by atoms with E-state index in [0.29, 0.717) is 12.1 Å². The molecule has 0 fully saturated rings. The number of phenolic OH excluding ortho intramolecular Hbond substituents is 1. The van der Waals surface area contributed by atoms with Crippen LogP contribution in [-0.2, 0) is 12.4 Å². The molecule has 31 heavy (non-hydrogen) atoms. The first kappa shape index (κ1) is 20.8. The predicted octanol–water partition coefficient (Wildman–Crippen LogP) is 7.92. The lowest BCUT2D eigenvalue weighted by Crippen LogP contribution is -2.11. The minimum absolute atomic E-state index is 0.116. The van der Waals surface area contributed by atoms with Gasteiger partial charge in [0.25, 0.3) is 0 Å². The quantitative estimate of drug-likeness (QED) is 0.319. The summed E-state index contributed by atoms with van der Waals surface area (Å²) in [4.78, 5) is 0. The molecular weight excluding hydrogens is 418 g/mol. The molecule has 0 aliphatic carbocycles. The van der Waals surface area contributed by atoms with Gasteiger partial charge in [-0.15, -0.1) is 0 Å². The Bertz CT molecular complexity index is 1220. The smallest absolute Gasteiger partial charge is 0.416 e. The van der Waals surface area contributed by atoms with E-state index in [-0.39, 0.29) is 22.9 Å². The lowest BCUT2D eigenvalue weighted by Gasteiger charge is -2.14. The first-order chi connectivity index (χ1) is 14.5. The Kier molecular flexibility index (Phi) is 4.92. The van der Waals surface area contributed by atoms with Gasteiger partial charge in [0.2, 0.25) is 0 Å². The zero-order chi connectivity index (χ0) is 22.4. The summed E-state index contributed by atoms with van der Waals surface area (Å²) >= 11 is 0. The molecule has 0 amide bonds. The summed E-state index contributed by atoms with van der Waals surface area (Å²) in [6.45, 7) is 0. The van der Waals surface area contributed by atoms with Crippen LogP contribution < -0.4 is 0 Å². The maximum absolute atomic E-state index is 13.1. The van der Waals surface area contributed by atoms with Gasteiger partial charge in [-0.2, -0.15) is 26.3 Å². The van der Waals surface area contributed by atoms with E-state index in [1.54, 1.807) is 30.3 Å². The first-order valence-electron chi connectivity index (χ1n) is 9.14. The topological polar surface area (TPSA) is 20.2 Å². The van der Waals surface area contributed by atoms with Crippen LogP contribution in [0.15, 0.2) is 78.9 Å². The normalized spacial score (nSPS) is 12.3. The molecule has 0 aliphatic heterocycles. The lowest BCUT2D eigenvalue weighted by atomic mass is 9.96. The Morgan fingerprint density at radius 3 is 1.45 bits per heavy atom. The lowest BCUT2D eigenvalue weighted by molar-refractivity contribution is -0.143. The van der Waals surface area contributed by atoms with Crippen molar-refractivity contribution in [1.82, 2.24) is 0 Å². The molecular formula is C24H14F6O. The third kappa shape index (κ3) is 4.35. The Balaban J connectivity index is 1.73. The van der Waals surface area contributed by atoms with Crippen LogP contribution in [0.2, 0.25) is 0 Å². The number of benzene rings is 4. The Morgan fingerprint density at radius 1 is 0.452 bits per heavy atom. The molecule has 0 aliphatic rings. The van der Waals surface area contributed by atoms with E-state index in [2.05, 4.69) is 0 Å². The van der Waals surface area contributed by atoms with Crippen LogP contribution in [0.3, 0.4) is 0 Å². The molecule has 0 radical (unpaired) electrons. The Labute approximate surface area is 173 Å². The van der Waals surface area contributed by atoms with Gasteiger partial charge in [0.05, 0.1) is 11.1 Å². The molecule has 1 N–H and O–H groups in total. The van der Waals surface area contributed by atoms with E-state index >= 15 is 0 Å². The summed E-state index contributed by atoms with van der Waals surface area (Å²) in [5.74, 6) is 0.143. The number of rotatable bonds is 2. The van der Waals surface area contributed by atoms with Crippen molar-refractivity contribution in [2.75, 3.05) is 0 Å². The second kappa shape index (κ2) is 7.34. The fourth-order valence-electron chi connectivity index (χ4n) is 3.39. The van der Waals surface area contributed by atoms with Crippen LogP contribution >= 0.6 is 0 Å². The van der Waals surface area contributed by atoms with Crippen molar-refractivity contribution in [2.45, 2.75) is 12.4 Å². The molecule has 0 spiro atoms. The number of hydrogen-bond acceptors (Lipinski definition) is 1. The molecule has 4 aromatic carbocycles. The van der Waals surface area contributed by atoms with Crippen LogP contribution in [0, 0.1) is 0 Å². The summed E-state index contributed by atoms with van der Waals surface area (Å²) in [5.41, 5.74) is -1.04. The van der Waals surface area contributed by atoms with Crippen molar-refractivity contribution in [3.05, 3.63) is 90.0 Å². The van der Waals surface area contributed by atoms with Crippen LogP contribution in [0.25, 0.3) is 33.0 Å². The zero-order valence-electron chi connectivity index (χ0n) is 15.7. The predicted molar refractivity (Wildman–Crippen MR) is 106 cm³/mol. The number of hydrogen-bond donors (Lipinski definition) is 1. The van der Waals surface area contributed by atoms with Crippen LogP contribution in [0.5, 0.6) is 5.75 Å². The third-order valence-corrected chi connectivity index (χ3v) is 4.96. The SMILES string of the molecule is Oc1ccc2cc(-c3ccc(-c4cc(C(F)(F)F)cc(C(F)(F)F)c4)cc3)ccc2c1. The van der Waals surface area contributed by atoms with E-state index in [4.69, 9.17) is 0 Å². The van der Waals surface area contributed by atoms with Gasteiger partial charge in [0, 0.05) is 0 Å². The minimum atomic E-state index is -4.89. The largest absolute Gasteiger partial charge is 0.508 e. The molecule has 0 bridgehead atoms. The van der Waals surface area contributed by atoms with Gasteiger partial charge in [-0.3, -0.25) is 0 Å². The summed E-state index contributed by atoms with van der Waals surface area (Å²) in [7, 11) is 0. The maximum atomic E-state index is 13.1. The number of phenols is 1. The van der Waals surface area contributed by atoms with Gasteiger partial charge >= 0.3 is 12.4 Å². The highest BCUT2D eigenvalue weighted by molar-refractivity contribution is 5.88. The van der Waals surface area contributed by atoms with Crippen molar-refractivity contribution in [3.8, 4) is 28.0 Å². The number of alkyl halides is 6. The van der Waals surface area contributed by atoms with E-state index in [1.165, 1.54) is 12.1 Å². The monoisotopic (exact) mass is 432 g/mol. The second-order valence-corrected chi connectivity index (χ2v) is 7.12. The standard InChI is InChI=1S/C24H14F6O/c25-23(26,27)20-10-19(11-21(13-20)24(28,29)30)15-3-1-14(2-4-15)16-5-6-18-12-22(31)8-7-17(18)9-16/h1-13,31H. The molecule has 0 saturated carbocycles. The average Bonchev–Trinajstić information content (AvgIpc) is 2.72. The van der Waals surface area contributed by atoms with Gasteiger partial charge in [-0.25, -0.2) is 0 Å². The molecule has 0 heterocycles. The molecule has 0 atom stereocenters. The van der Waals surface area contributed by atoms with E-state index in [9.17, 15) is 31.4 Å². The molecule has 0 saturated heterocycles. The molecule has 7 heteroatoms. The Hall–Kier alpha value is -3.48. The molecule has 0 unspecified atom stereocenters. The summed E-state index contributed by atoms with van der Waals surface area (Å²) in [5, 5.41) is 11.3. The van der Waals surface area contributed by atoms with Crippen molar-refractivity contribution in [3.63, 3.8) is 0 Å². The third-order valence-electron chi connectivity index (χ3n) is 4.96. The minimum Gasteiger partial charge on any atom is -0.508 e. The van der Waals surface area contributed by atoms with Crippen LogP contribution in [0.1, 0.15) is 11.1 Å². The van der Waals surface area contributed by atoms with E-state index in [0.717, 1.165) is 21.9 Å². The summed E-state index contributed by atoms with van der Waals surface area (Å²) in [6.07, 6.45) is -9.79. The van der Waals surface area contributed by atoms with Gasteiger partial charge in [-0.05, 0) is 69.4 Å². The number of aromatic hydroxyl groups is 1. The number of fused-ring (bicyclic) bond motifs is 1. The fourth-order valence-corrected chi connectivity index (χ4v) is 3.39. The van der Waals surface area contributed by atoms with E-state index < -0.39 is 23.5 Å². The summed E-state index contributed by atoms with van der Waals surface area (Å²) in [6, 6.07) is 18.3. The van der Waals surface area contributed by atoms with Crippen LogP contribution in [-0.4, -0.2) is 5.11 Å². The van der Waals surface area contributed by atoms with Crippen molar-refractivity contribution in [1.29, 1.82) is 0 Å². The van der Waals surface area contributed by atoms with Gasteiger partial charge in [0.1, 0.15) is 5.75 Å². The van der Waals surface area contributed by atoms with Crippen LogP contribution in [0.4, 0.5) is 26.3 Å².